The number of aromatic nitrogens is 2. The molecule has 1 saturated heterocycles. The molecule has 1 aliphatic heterocycles. The minimum atomic E-state index is 0.265. The number of carbonyl (C=O) groups excluding carboxylic acids is 1. The molecule has 1 amide bonds. The zero-order valence-corrected chi connectivity index (χ0v) is 11.1. The summed E-state index contributed by atoms with van der Waals surface area (Å²) in [4.78, 5) is 22.6. The van der Waals surface area contributed by atoms with Crippen LogP contribution >= 0.6 is 0 Å². The van der Waals surface area contributed by atoms with Gasteiger partial charge in [-0.25, -0.2) is 9.97 Å². The first-order valence-electron chi connectivity index (χ1n) is 7.15. The van der Waals surface area contributed by atoms with E-state index in [1.807, 2.05) is 6.07 Å². The summed E-state index contributed by atoms with van der Waals surface area (Å²) in [6.45, 7) is 1.83. The maximum atomic E-state index is 11.9. The van der Waals surface area contributed by atoms with Crippen LogP contribution in [0.1, 0.15) is 32.1 Å². The van der Waals surface area contributed by atoms with Crippen molar-refractivity contribution in [2.45, 2.75) is 38.1 Å². The molecular weight excluding hydrogens is 240 g/mol. The Kier molecular flexibility index (Phi) is 3.62. The second-order valence-corrected chi connectivity index (χ2v) is 5.45. The molecule has 2 heterocycles. The van der Waals surface area contributed by atoms with Crippen molar-refractivity contribution >= 4 is 11.9 Å². The van der Waals surface area contributed by atoms with Crippen LogP contribution in [0.25, 0.3) is 0 Å². The molecule has 0 bridgehead atoms. The first-order valence-corrected chi connectivity index (χ1v) is 7.15. The number of rotatable bonds is 3. The second kappa shape index (κ2) is 5.55. The minimum absolute atomic E-state index is 0.265. The van der Waals surface area contributed by atoms with E-state index in [1.54, 1.807) is 12.4 Å². The summed E-state index contributed by atoms with van der Waals surface area (Å²) >= 11 is 0. The number of piperidine rings is 1. The Bertz CT molecular complexity index is 424. The lowest BCUT2D eigenvalue weighted by molar-refractivity contribution is -0.128. The van der Waals surface area contributed by atoms with E-state index in [2.05, 4.69) is 20.2 Å². The van der Waals surface area contributed by atoms with Crippen LogP contribution in [-0.2, 0) is 4.79 Å². The largest absolute Gasteiger partial charge is 0.353 e. The fourth-order valence-corrected chi connectivity index (χ4v) is 2.67. The van der Waals surface area contributed by atoms with Gasteiger partial charge in [-0.1, -0.05) is 6.42 Å². The first-order chi connectivity index (χ1) is 9.33. The third-order valence-electron chi connectivity index (χ3n) is 4.15. The standard InChI is InChI=1S/C14H20N4O/c19-13(11-3-1-4-11)17-12-5-9-18(10-6-12)14-15-7-2-8-16-14/h2,7-8,11-12H,1,3-6,9-10H2,(H,17,19). The molecule has 1 saturated carbocycles. The fraction of sp³-hybridized carbons (Fsp3) is 0.643. The van der Waals surface area contributed by atoms with Gasteiger partial charge in [-0.05, 0) is 31.7 Å². The molecule has 3 rings (SSSR count). The van der Waals surface area contributed by atoms with Gasteiger partial charge in [-0.3, -0.25) is 4.79 Å². The van der Waals surface area contributed by atoms with Crippen molar-refractivity contribution < 1.29 is 4.79 Å². The van der Waals surface area contributed by atoms with E-state index in [0.29, 0.717) is 6.04 Å². The van der Waals surface area contributed by atoms with Crippen LogP contribution in [0.3, 0.4) is 0 Å². The molecule has 0 spiro atoms. The topological polar surface area (TPSA) is 58.1 Å². The number of hydrogen-bond acceptors (Lipinski definition) is 4. The van der Waals surface area contributed by atoms with Gasteiger partial charge in [0.2, 0.25) is 11.9 Å². The van der Waals surface area contributed by atoms with Gasteiger partial charge in [0.1, 0.15) is 0 Å². The van der Waals surface area contributed by atoms with Gasteiger partial charge in [-0.2, -0.15) is 0 Å². The smallest absolute Gasteiger partial charge is 0.225 e. The van der Waals surface area contributed by atoms with Crippen LogP contribution in [0.4, 0.5) is 5.95 Å². The maximum Gasteiger partial charge on any atom is 0.225 e. The van der Waals surface area contributed by atoms with Crippen molar-refractivity contribution in [3.05, 3.63) is 18.5 Å². The van der Waals surface area contributed by atoms with Crippen molar-refractivity contribution in [1.29, 1.82) is 0 Å². The van der Waals surface area contributed by atoms with Gasteiger partial charge in [0.15, 0.2) is 0 Å². The molecule has 102 valence electrons. The van der Waals surface area contributed by atoms with E-state index in [9.17, 15) is 4.79 Å². The Hall–Kier alpha value is -1.65. The molecule has 0 unspecified atom stereocenters. The lowest BCUT2D eigenvalue weighted by atomic mass is 9.84. The summed E-state index contributed by atoms with van der Waals surface area (Å²) in [7, 11) is 0. The highest BCUT2D eigenvalue weighted by molar-refractivity contribution is 5.79. The van der Waals surface area contributed by atoms with E-state index < -0.39 is 0 Å². The third kappa shape index (κ3) is 2.85. The molecule has 2 aliphatic rings. The lowest BCUT2D eigenvalue weighted by Crippen LogP contribution is -2.47. The summed E-state index contributed by atoms with van der Waals surface area (Å²) in [6.07, 6.45) is 8.86. The predicted molar refractivity (Wildman–Crippen MR) is 72.8 cm³/mol. The third-order valence-corrected chi connectivity index (χ3v) is 4.15. The Labute approximate surface area is 113 Å². The summed E-state index contributed by atoms with van der Waals surface area (Å²) < 4.78 is 0. The minimum Gasteiger partial charge on any atom is -0.353 e. The molecule has 19 heavy (non-hydrogen) atoms. The maximum absolute atomic E-state index is 11.9. The molecule has 1 aromatic rings. The molecule has 1 aliphatic carbocycles. The van der Waals surface area contributed by atoms with Gasteiger partial charge in [-0.15, -0.1) is 0 Å². The van der Waals surface area contributed by atoms with Gasteiger partial charge < -0.3 is 10.2 Å². The summed E-state index contributed by atoms with van der Waals surface area (Å²) in [5.41, 5.74) is 0. The van der Waals surface area contributed by atoms with Crippen LogP contribution in [0.2, 0.25) is 0 Å². The van der Waals surface area contributed by atoms with Gasteiger partial charge in [0.05, 0.1) is 0 Å². The van der Waals surface area contributed by atoms with E-state index in [0.717, 1.165) is 44.7 Å². The van der Waals surface area contributed by atoms with Crippen molar-refractivity contribution in [2.24, 2.45) is 5.92 Å². The Morgan fingerprint density at radius 2 is 1.84 bits per heavy atom. The van der Waals surface area contributed by atoms with E-state index in [1.165, 1.54) is 6.42 Å². The quantitative estimate of drug-likeness (QED) is 0.891. The van der Waals surface area contributed by atoms with E-state index >= 15 is 0 Å². The number of nitrogens with one attached hydrogen (secondary N) is 1. The van der Waals surface area contributed by atoms with Crippen LogP contribution in [-0.4, -0.2) is 35.0 Å². The fourth-order valence-electron chi connectivity index (χ4n) is 2.67. The summed E-state index contributed by atoms with van der Waals surface area (Å²) in [5, 5.41) is 3.19. The molecule has 2 fully saturated rings. The van der Waals surface area contributed by atoms with Crippen molar-refractivity contribution in [3.63, 3.8) is 0 Å². The van der Waals surface area contributed by atoms with E-state index in [4.69, 9.17) is 0 Å². The molecule has 0 atom stereocenters. The van der Waals surface area contributed by atoms with Gasteiger partial charge >= 0.3 is 0 Å². The molecule has 1 N–H and O–H groups in total. The molecular formula is C14H20N4O. The zero-order chi connectivity index (χ0) is 13.1. The normalized spacial score (nSPS) is 20.9. The van der Waals surface area contributed by atoms with Crippen molar-refractivity contribution in [2.75, 3.05) is 18.0 Å². The van der Waals surface area contributed by atoms with Crippen molar-refractivity contribution in [3.8, 4) is 0 Å². The molecule has 5 heteroatoms. The zero-order valence-electron chi connectivity index (χ0n) is 11.1. The summed E-state index contributed by atoms with van der Waals surface area (Å²) in [5.74, 6) is 1.35. The van der Waals surface area contributed by atoms with Crippen LogP contribution < -0.4 is 10.2 Å². The van der Waals surface area contributed by atoms with Crippen LogP contribution in [0, 0.1) is 5.92 Å². The number of carbonyl (C=O) groups is 1. The Balaban J connectivity index is 1.48. The highest BCUT2D eigenvalue weighted by Crippen LogP contribution is 2.27. The van der Waals surface area contributed by atoms with Gasteiger partial charge in [0, 0.05) is 37.4 Å². The molecule has 0 radical (unpaired) electrons. The molecule has 1 aromatic heterocycles. The molecule has 5 nitrogen and oxygen atoms in total. The van der Waals surface area contributed by atoms with Crippen molar-refractivity contribution in [1.82, 2.24) is 15.3 Å². The Morgan fingerprint density at radius 1 is 1.16 bits per heavy atom. The predicted octanol–water partition coefficient (Wildman–Crippen LogP) is 1.36. The summed E-state index contributed by atoms with van der Waals surface area (Å²) in [6, 6.07) is 2.16. The SMILES string of the molecule is O=C(NC1CCN(c2ncccn2)CC1)C1CCC1. The average Bonchev–Trinajstić information content (AvgIpc) is 2.38. The number of anilines is 1. The number of hydrogen-bond donors (Lipinski definition) is 1. The average molecular weight is 260 g/mol. The highest BCUT2D eigenvalue weighted by Gasteiger charge is 2.28. The highest BCUT2D eigenvalue weighted by atomic mass is 16.2. The molecule has 0 aromatic carbocycles. The van der Waals surface area contributed by atoms with Gasteiger partial charge in [0.25, 0.3) is 0 Å². The number of nitrogens with zero attached hydrogens (tertiary/aromatic N) is 3. The second-order valence-electron chi connectivity index (χ2n) is 5.45. The monoisotopic (exact) mass is 260 g/mol. The first kappa shape index (κ1) is 12.4. The number of amides is 1. The Morgan fingerprint density at radius 3 is 2.42 bits per heavy atom. The lowest BCUT2D eigenvalue weighted by Gasteiger charge is -2.34. The van der Waals surface area contributed by atoms with E-state index in [-0.39, 0.29) is 11.8 Å². The van der Waals surface area contributed by atoms with Crippen LogP contribution in [0.15, 0.2) is 18.5 Å². The van der Waals surface area contributed by atoms with Crippen LogP contribution in [0.5, 0.6) is 0 Å².